The highest BCUT2D eigenvalue weighted by atomic mass is 79.9. The Morgan fingerprint density at radius 2 is 1.68 bits per heavy atom. The van der Waals surface area contributed by atoms with Crippen molar-refractivity contribution in [1.82, 2.24) is 4.83 Å². The highest BCUT2D eigenvalue weighted by molar-refractivity contribution is 9.10. The van der Waals surface area contributed by atoms with Gasteiger partial charge in [0.2, 0.25) is 0 Å². The zero-order valence-electron chi connectivity index (χ0n) is 12.1. The predicted molar refractivity (Wildman–Crippen MR) is 89.7 cm³/mol. The summed E-state index contributed by atoms with van der Waals surface area (Å²) in [5.41, 5.74) is 1.36. The molecule has 7 heteroatoms. The van der Waals surface area contributed by atoms with Gasteiger partial charge in [-0.15, -0.1) is 0 Å². The van der Waals surface area contributed by atoms with E-state index in [1.165, 1.54) is 12.1 Å². The van der Waals surface area contributed by atoms with E-state index < -0.39 is 10.0 Å². The van der Waals surface area contributed by atoms with Crippen LogP contribution in [-0.4, -0.2) is 21.2 Å². The molecule has 0 aliphatic rings. The molecule has 0 bridgehead atoms. The quantitative estimate of drug-likeness (QED) is 0.637. The number of sulfonamides is 1. The fourth-order valence-corrected chi connectivity index (χ4v) is 2.81. The summed E-state index contributed by atoms with van der Waals surface area (Å²) in [6, 6.07) is 13.5. The molecule has 0 saturated heterocycles. The Kier molecular flexibility index (Phi) is 5.20. The number of nitrogens with zero attached hydrogens (tertiary/aromatic N) is 1. The van der Waals surface area contributed by atoms with E-state index in [0.717, 1.165) is 15.8 Å². The molecule has 5 nitrogen and oxygen atoms in total. The van der Waals surface area contributed by atoms with Crippen molar-refractivity contribution < 1.29 is 13.2 Å². The molecule has 116 valence electrons. The number of hydrogen-bond acceptors (Lipinski definition) is 4. The van der Waals surface area contributed by atoms with Gasteiger partial charge in [-0.25, -0.2) is 0 Å². The molecule has 0 fully saturated rings. The Morgan fingerprint density at radius 1 is 1.09 bits per heavy atom. The molecule has 0 amide bonds. The van der Waals surface area contributed by atoms with Gasteiger partial charge >= 0.3 is 0 Å². The van der Waals surface area contributed by atoms with Gasteiger partial charge in [0.1, 0.15) is 5.75 Å². The Bertz CT molecular complexity index is 769. The van der Waals surface area contributed by atoms with Gasteiger partial charge in [-0.05, 0) is 61.0 Å². The summed E-state index contributed by atoms with van der Waals surface area (Å²) in [7, 11) is -2.09. The van der Waals surface area contributed by atoms with E-state index in [2.05, 4.69) is 25.9 Å². The molecule has 0 unspecified atom stereocenters. The zero-order valence-corrected chi connectivity index (χ0v) is 14.5. The normalized spacial score (nSPS) is 12.0. The second-order valence-electron chi connectivity index (χ2n) is 4.47. The minimum atomic E-state index is -3.68. The maximum atomic E-state index is 12.1. The van der Waals surface area contributed by atoms with Crippen molar-refractivity contribution in [3.8, 4) is 5.75 Å². The third-order valence-electron chi connectivity index (χ3n) is 2.97. The highest BCUT2D eigenvalue weighted by Gasteiger charge is 2.12. The first kappa shape index (κ1) is 16.5. The van der Waals surface area contributed by atoms with E-state index in [4.69, 9.17) is 4.74 Å². The van der Waals surface area contributed by atoms with Gasteiger partial charge in [-0.3, -0.25) is 0 Å². The van der Waals surface area contributed by atoms with Gasteiger partial charge in [0.25, 0.3) is 10.0 Å². The number of benzene rings is 2. The van der Waals surface area contributed by atoms with Gasteiger partial charge in [-0.2, -0.15) is 18.4 Å². The molecule has 2 rings (SSSR count). The number of hydrogen-bond donors (Lipinski definition) is 1. The molecule has 2 aromatic carbocycles. The third-order valence-corrected chi connectivity index (χ3v) is 4.72. The lowest BCUT2D eigenvalue weighted by molar-refractivity contribution is 0.415. The predicted octanol–water partition coefficient (Wildman–Crippen LogP) is 3.16. The van der Waals surface area contributed by atoms with Crippen molar-refractivity contribution >= 4 is 31.7 Å². The lowest BCUT2D eigenvalue weighted by atomic mass is 10.1. The number of methoxy groups -OCH3 is 1. The zero-order chi connectivity index (χ0) is 16.2. The van der Waals surface area contributed by atoms with Crippen molar-refractivity contribution in [1.29, 1.82) is 0 Å². The maximum Gasteiger partial charge on any atom is 0.276 e. The molecule has 0 heterocycles. The summed E-state index contributed by atoms with van der Waals surface area (Å²) in [6.45, 7) is 1.73. The Hall–Kier alpha value is -1.86. The first-order chi connectivity index (χ1) is 10.4. The van der Waals surface area contributed by atoms with Crippen molar-refractivity contribution in [2.75, 3.05) is 7.11 Å². The standard InChI is InChI=1S/C15H15BrN2O3S/c1-11(12-3-7-14(21-2)8-4-12)17-18-22(19,20)15-9-5-13(16)6-10-15/h3-10,18H,1-2H3/b17-11-. The van der Waals surface area contributed by atoms with Crippen LogP contribution in [0.4, 0.5) is 0 Å². The molecule has 0 aromatic heterocycles. The molecule has 0 saturated carbocycles. The van der Waals surface area contributed by atoms with Crippen LogP contribution in [0.2, 0.25) is 0 Å². The van der Waals surface area contributed by atoms with Crippen LogP contribution in [0, 0.1) is 0 Å². The summed E-state index contributed by atoms with van der Waals surface area (Å²) < 4.78 is 30.1. The molecule has 0 aliphatic carbocycles. The average Bonchev–Trinajstić information content (AvgIpc) is 2.53. The summed E-state index contributed by atoms with van der Waals surface area (Å²) in [4.78, 5) is 2.39. The third kappa shape index (κ3) is 4.08. The number of ether oxygens (including phenoxy) is 1. The topological polar surface area (TPSA) is 67.8 Å². The molecular formula is C15H15BrN2O3S. The number of hydrazone groups is 1. The second-order valence-corrected chi connectivity index (χ2v) is 7.05. The Labute approximate surface area is 138 Å². The van der Waals surface area contributed by atoms with E-state index in [9.17, 15) is 8.42 Å². The fourth-order valence-electron chi connectivity index (χ4n) is 1.69. The number of rotatable bonds is 5. The molecule has 0 radical (unpaired) electrons. The Morgan fingerprint density at radius 3 is 2.23 bits per heavy atom. The summed E-state index contributed by atoms with van der Waals surface area (Å²) in [5.74, 6) is 0.729. The van der Waals surface area contributed by atoms with Crippen LogP contribution in [0.15, 0.2) is 63.0 Å². The van der Waals surface area contributed by atoms with Crippen LogP contribution < -0.4 is 9.57 Å². The second kappa shape index (κ2) is 6.93. The van der Waals surface area contributed by atoms with Gasteiger partial charge in [-0.1, -0.05) is 15.9 Å². The molecule has 0 spiro atoms. The van der Waals surface area contributed by atoms with Crippen LogP contribution >= 0.6 is 15.9 Å². The first-order valence-corrected chi connectivity index (χ1v) is 8.66. The average molecular weight is 383 g/mol. The van der Waals surface area contributed by atoms with Crippen LogP contribution in [0.3, 0.4) is 0 Å². The lowest BCUT2D eigenvalue weighted by Crippen LogP contribution is -2.19. The molecule has 2 aromatic rings. The van der Waals surface area contributed by atoms with Gasteiger partial charge in [0.15, 0.2) is 0 Å². The summed E-state index contributed by atoms with van der Waals surface area (Å²) in [5, 5.41) is 3.95. The van der Waals surface area contributed by atoms with Crippen molar-refractivity contribution in [2.45, 2.75) is 11.8 Å². The SMILES string of the molecule is COc1ccc(/C(C)=N\NS(=O)(=O)c2ccc(Br)cc2)cc1. The number of halogens is 1. The molecule has 22 heavy (non-hydrogen) atoms. The minimum Gasteiger partial charge on any atom is -0.497 e. The lowest BCUT2D eigenvalue weighted by Gasteiger charge is -2.06. The van der Waals surface area contributed by atoms with Crippen molar-refractivity contribution in [2.24, 2.45) is 5.10 Å². The summed E-state index contributed by atoms with van der Waals surface area (Å²) >= 11 is 3.26. The smallest absolute Gasteiger partial charge is 0.276 e. The highest BCUT2D eigenvalue weighted by Crippen LogP contribution is 2.15. The molecule has 1 N–H and O–H groups in total. The maximum absolute atomic E-state index is 12.1. The van der Waals surface area contributed by atoms with E-state index in [1.54, 1.807) is 38.3 Å². The fraction of sp³-hybridized carbons (Fsp3) is 0.133. The largest absolute Gasteiger partial charge is 0.497 e. The summed E-state index contributed by atoms with van der Waals surface area (Å²) in [6.07, 6.45) is 0. The van der Waals surface area contributed by atoms with Crippen LogP contribution in [0.1, 0.15) is 12.5 Å². The Balaban J connectivity index is 2.16. The van der Waals surface area contributed by atoms with Crippen LogP contribution in [0.5, 0.6) is 5.75 Å². The van der Waals surface area contributed by atoms with Crippen LogP contribution in [-0.2, 0) is 10.0 Å². The van der Waals surface area contributed by atoms with Crippen molar-refractivity contribution in [3.05, 3.63) is 58.6 Å². The van der Waals surface area contributed by atoms with E-state index in [1.807, 2.05) is 12.1 Å². The molecular weight excluding hydrogens is 368 g/mol. The van der Waals surface area contributed by atoms with E-state index in [0.29, 0.717) is 5.71 Å². The molecule has 0 aliphatic heterocycles. The first-order valence-electron chi connectivity index (χ1n) is 6.38. The van der Waals surface area contributed by atoms with Crippen molar-refractivity contribution in [3.63, 3.8) is 0 Å². The number of nitrogens with one attached hydrogen (secondary N) is 1. The minimum absolute atomic E-state index is 0.155. The van der Waals surface area contributed by atoms with Gasteiger partial charge < -0.3 is 4.74 Å². The molecule has 0 atom stereocenters. The van der Waals surface area contributed by atoms with Gasteiger partial charge in [0, 0.05) is 4.47 Å². The van der Waals surface area contributed by atoms with E-state index in [-0.39, 0.29) is 4.90 Å². The van der Waals surface area contributed by atoms with E-state index >= 15 is 0 Å². The monoisotopic (exact) mass is 382 g/mol. The van der Waals surface area contributed by atoms with Crippen LogP contribution in [0.25, 0.3) is 0 Å². The van der Waals surface area contributed by atoms with Gasteiger partial charge in [0.05, 0.1) is 17.7 Å².